The van der Waals surface area contributed by atoms with Gasteiger partial charge in [-0.3, -0.25) is 5.32 Å². The average Bonchev–Trinajstić information content (AvgIpc) is 2.38. The van der Waals surface area contributed by atoms with Gasteiger partial charge < -0.3 is 10.2 Å². The van der Waals surface area contributed by atoms with Crippen LogP contribution < -0.4 is 15.5 Å². The first-order valence-corrected chi connectivity index (χ1v) is 7.33. The lowest BCUT2D eigenvalue weighted by atomic mass is 10.00. The van der Waals surface area contributed by atoms with Gasteiger partial charge in [0.05, 0.1) is 11.9 Å². The highest BCUT2D eigenvalue weighted by Crippen LogP contribution is 2.22. The van der Waals surface area contributed by atoms with Crippen LogP contribution in [0.5, 0.6) is 0 Å². The van der Waals surface area contributed by atoms with Crippen LogP contribution in [0, 0.1) is 5.92 Å². The molecule has 0 aliphatic carbocycles. The second-order valence-corrected chi connectivity index (χ2v) is 5.85. The molecule has 1 saturated heterocycles. The summed E-state index contributed by atoms with van der Waals surface area (Å²) in [4.78, 5) is 18.3. The molecule has 5 heteroatoms. The Morgan fingerprint density at radius 1 is 1.45 bits per heavy atom. The smallest absolute Gasteiger partial charge is 0.320 e. The van der Waals surface area contributed by atoms with Crippen molar-refractivity contribution in [2.75, 3.05) is 23.3 Å². The fourth-order valence-corrected chi connectivity index (χ4v) is 2.49. The van der Waals surface area contributed by atoms with Crippen molar-refractivity contribution >= 4 is 17.5 Å². The van der Waals surface area contributed by atoms with Gasteiger partial charge in [-0.15, -0.1) is 0 Å². The molecular formula is C15H24N4O. The maximum atomic E-state index is 11.6. The van der Waals surface area contributed by atoms with E-state index in [1.807, 2.05) is 32.2 Å². The van der Waals surface area contributed by atoms with Crippen LogP contribution >= 0.6 is 0 Å². The van der Waals surface area contributed by atoms with E-state index in [9.17, 15) is 4.79 Å². The summed E-state index contributed by atoms with van der Waals surface area (Å²) in [7, 11) is 0. The molecule has 0 radical (unpaired) electrons. The Bertz CT molecular complexity index is 444. The third-order valence-electron chi connectivity index (χ3n) is 3.43. The van der Waals surface area contributed by atoms with Crippen LogP contribution in [-0.4, -0.2) is 30.1 Å². The summed E-state index contributed by atoms with van der Waals surface area (Å²) in [5, 5.41) is 5.51. The number of carbonyl (C=O) groups is 1. The molecule has 1 fully saturated rings. The minimum atomic E-state index is -0.216. The number of piperidine rings is 1. The molecule has 0 spiro atoms. The van der Waals surface area contributed by atoms with Crippen LogP contribution in [0.4, 0.5) is 16.3 Å². The summed E-state index contributed by atoms with van der Waals surface area (Å²) in [6.07, 6.45) is 4.37. The Labute approximate surface area is 120 Å². The van der Waals surface area contributed by atoms with Crippen molar-refractivity contribution in [2.24, 2.45) is 5.92 Å². The molecule has 1 atom stereocenters. The summed E-state index contributed by atoms with van der Waals surface area (Å²) < 4.78 is 0. The lowest BCUT2D eigenvalue weighted by molar-refractivity contribution is 0.250. The topological polar surface area (TPSA) is 57.3 Å². The molecule has 2 N–H and O–H groups in total. The van der Waals surface area contributed by atoms with Gasteiger partial charge in [0.15, 0.2) is 0 Å². The van der Waals surface area contributed by atoms with Crippen molar-refractivity contribution in [1.29, 1.82) is 0 Å². The summed E-state index contributed by atoms with van der Waals surface area (Å²) in [5.74, 6) is 1.32. The molecule has 2 rings (SSSR count). The van der Waals surface area contributed by atoms with Crippen LogP contribution in [0.3, 0.4) is 0 Å². The number of hydrogen-bond acceptors (Lipinski definition) is 3. The molecular weight excluding hydrogens is 252 g/mol. The van der Waals surface area contributed by atoms with Crippen LogP contribution in [0.1, 0.15) is 33.6 Å². The first-order chi connectivity index (χ1) is 9.54. The number of amides is 2. The standard InChI is InChI=1S/C15H24N4O/c1-11(2)17-15(20)18-14-7-6-13(9-16-14)19-8-4-5-12(3)10-19/h6-7,9,11-12H,4-5,8,10H2,1-3H3,(H2,16,17,18,20). The SMILES string of the molecule is CC1CCCN(c2ccc(NC(=O)NC(C)C)nc2)C1. The van der Waals surface area contributed by atoms with Gasteiger partial charge in [-0.1, -0.05) is 6.92 Å². The van der Waals surface area contributed by atoms with E-state index in [1.165, 1.54) is 12.8 Å². The number of carbonyl (C=O) groups excluding carboxylic acids is 1. The van der Waals surface area contributed by atoms with Crippen molar-refractivity contribution in [3.8, 4) is 0 Å². The molecule has 110 valence electrons. The van der Waals surface area contributed by atoms with Gasteiger partial charge in [0.1, 0.15) is 5.82 Å². The molecule has 1 aromatic heterocycles. The third-order valence-corrected chi connectivity index (χ3v) is 3.43. The molecule has 1 aliphatic rings. The van der Waals surface area contributed by atoms with Crippen molar-refractivity contribution < 1.29 is 4.79 Å². The van der Waals surface area contributed by atoms with Crippen LogP contribution in [-0.2, 0) is 0 Å². The number of hydrogen-bond donors (Lipinski definition) is 2. The van der Waals surface area contributed by atoms with Crippen molar-refractivity contribution in [3.63, 3.8) is 0 Å². The van der Waals surface area contributed by atoms with E-state index in [1.54, 1.807) is 0 Å². The number of nitrogens with zero attached hydrogens (tertiary/aromatic N) is 2. The highest BCUT2D eigenvalue weighted by atomic mass is 16.2. The van der Waals surface area contributed by atoms with Gasteiger partial charge in [0, 0.05) is 19.1 Å². The summed E-state index contributed by atoms with van der Waals surface area (Å²) >= 11 is 0. The first kappa shape index (κ1) is 14.6. The largest absolute Gasteiger partial charge is 0.370 e. The third kappa shape index (κ3) is 4.11. The number of pyridine rings is 1. The van der Waals surface area contributed by atoms with Gasteiger partial charge in [0.25, 0.3) is 0 Å². The molecule has 1 unspecified atom stereocenters. The van der Waals surface area contributed by atoms with Gasteiger partial charge >= 0.3 is 6.03 Å². The minimum Gasteiger partial charge on any atom is -0.370 e. The number of anilines is 2. The average molecular weight is 276 g/mol. The summed E-state index contributed by atoms with van der Waals surface area (Å²) in [6, 6.07) is 3.78. The summed E-state index contributed by atoms with van der Waals surface area (Å²) in [6.45, 7) is 8.31. The van der Waals surface area contributed by atoms with Crippen molar-refractivity contribution in [3.05, 3.63) is 18.3 Å². The predicted molar refractivity (Wildman–Crippen MR) is 82.1 cm³/mol. The lowest BCUT2D eigenvalue weighted by Crippen LogP contribution is -2.35. The van der Waals surface area contributed by atoms with Crippen LogP contribution in [0.15, 0.2) is 18.3 Å². The van der Waals surface area contributed by atoms with Crippen LogP contribution in [0.25, 0.3) is 0 Å². The Hall–Kier alpha value is -1.78. The molecule has 0 bridgehead atoms. The Morgan fingerprint density at radius 2 is 2.25 bits per heavy atom. The van der Waals surface area contributed by atoms with E-state index in [4.69, 9.17) is 0 Å². The number of urea groups is 1. The van der Waals surface area contributed by atoms with E-state index in [0.29, 0.717) is 5.82 Å². The molecule has 0 saturated carbocycles. The van der Waals surface area contributed by atoms with Gasteiger partial charge in [0.2, 0.25) is 0 Å². The number of rotatable bonds is 3. The quantitative estimate of drug-likeness (QED) is 0.892. The first-order valence-electron chi connectivity index (χ1n) is 7.33. The molecule has 2 amide bonds. The zero-order valence-electron chi connectivity index (χ0n) is 12.5. The second kappa shape index (κ2) is 6.59. The van der Waals surface area contributed by atoms with Crippen molar-refractivity contribution in [1.82, 2.24) is 10.3 Å². The fraction of sp³-hybridized carbons (Fsp3) is 0.600. The minimum absolute atomic E-state index is 0.115. The zero-order valence-corrected chi connectivity index (χ0v) is 12.5. The lowest BCUT2D eigenvalue weighted by Gasteiger charge is -2.32. The highest BCUT2D eigenvalue weighted by molar-refractivity contribution is 5.88. The Morgan fingerprint density at radius 3 is 2.85 bits per heavy atom. The number of nitrogens with one attached hydrogen (secondary N) is 2. The Balaban J connectivity index is 1.94. The van der Waals surface area contributed by atoms with E-state index >= 15 is 0 Å². The van der Waals surface area contributed by atoms with Crippen LogP contribution in [0.2, 0.25) is 0 Å². The molecule has 1 aliphatic heterocycles. The zero-order chi connectivity index (χ0) is 14.5. The van der Waals surface area contributed by atoms with Gasteiger partial charge in [-0.2, -0.15) is 0 Å². The fourth-order valence-electron chi connectivity index (χ4n) is 2.49. The molecule has 2 heterocycles. The van der Waals surface area contributed by atoms with Crippen molar-refractivity contribution in [2.45, 2.75) is 39.7 Å². The predicted octanol–water partition coefficient (Wildman–Crippen LogP) is 2.85. The Kier molecular flexibility index (Phi) is 4.82. The maximum Gasteiger partial charge on any atom is 0.320 e. The van der Waals surface area contributed by atoms with Gasteiger partial charge in [-0.05, 0) is 44.7 Å². The maximum absolute atomic E-state index is 11.6. The van der Waals surface area contributed by atoms with E-state index in [0.717, 1.165) is 24.7 Å². The second-order valence-electron chi connectivity index (χ2n) is 5.85. The van der Waals surface area contributed by atoms with E-state index in [2.05, 4.69) is 27.4 Å². The molecule has 20 heavy (non-hydrogen) atoms. The molecule has 5 nitrogen and oxygen atoms in total. The normalized spacial score (nSPS) is 19.0. The van der Waals surface area contributed by atoms with Gasteiger partial charge in [-0.25, -0.2) is 9.78 Å². The van der Waals surface area contributed by atoms with E-state index < -0.39 is 0 Å². The monoisotopic (exact) mass is 276 g/mol. The molecule has 1 aromatic rings. The number of aromatic nitrogens is 1. The van der Waals surface area contributed by atoms with E-state index in [-0.39, 0.29) is 12.1 Å². The molecule has 0 aromatic carbocycles. The highest BCUT2D eigenvalue weighted by Gasteiger charge is 2.16. The summed E-state index contributed by atoms with van der Waals surface area (Å²) in [5.41, 5.74) is 1.13.